The van der Waals surface area contributed by atoms with Crippen molar-refractivity contribution in [1.29, 1.82) is 0 Å². The Labute approximate surface area is 223 Å². The highest BCUT2D eigenvalue weighted by molar-refractivity contribution is 8.18. The molecule has 1 saturated heterocycles. The van der Waals surface area contributed by atoms with Crippen LogP contribution in [0.1, 0.15) is 5.56 Å². The number of carbonyl (C=O) groups excluding carboxylic acids is 3. The Hall–Kier alpha value is -3.95. The van der Waals surface area contributed by atoms with Gasteiger partial charge in [0.1, 0.15) is 12.4 Å². The van der Waals surface area contributed by atoms with Crippen LogP contribution in [0, 0.1) is 0 Å². The van der Waals surface area contributed by atoms with Crippen LogP contribution in [0.3, 0.4) is 0 Å². The molecule has 1 N–H and O–H groups in total. The van der Waals surface area contributed by atoms with Gasteiger partial charge in [0, 0.05) is 10.7 Å². The van der Waals surface area contributed by atoms with E-state index in [1.807, 2.05) is 12.1 Å². The van der Waals surface area contributed by atoms with Gasteiger partial charge in [-0.1, -0.05) is 35.9 Å². The monoisotopic (exact) mass is 538 g/mol. The van der Waals surface area contributed by atoms with E-state index in [9.17, 15) is 14.4 Å². The summed E-state index contributed by atoms with van der Waals surface area (Å²) in [6.07, 6.45) is 1.62. The second kappa shape index (κ2) is 12.3. The Bertz CT molecular complexity index is 1330. The SMILES string of the molecule is COc1ccccc1OCCN1C(=O)S/C(=C\c2cccc(OCC(=O)Nc3ccc(Cl)cc3)c2)C1=O. The van der Waals surface area contributed by atoms with Crippen molar-refractivity contribution in [1.82, 2.24) is 4.90 Å². The predicted molar refractivity (Wildman–Crippen MR) is 143 cm³/mol. The van der Waals surface area contributed by atoms with Crippen molar-refractivity contribution in [2.45, 2.75) is 0 Å². The van der Waals surface area contributed by atoms with E-state index in [1.54, 1.807) is 73.8 Å². The number of hydrogen-bond acceptors (Lipinski definition) is 7. The zero-order chi connectivity index (χ0) is 26.2. The van der Waals surface area contributed by atoms with E-state index in [0.29, 0.717) is 38.4 Å². The molecule has 0 bridgehead atoms. The lowest BCUT2D eigenvalue weighted by atomic mass is 10.2. The van der Waals surface area contributed by atoms with E-state index in [4.69, 9.17) is 25.8 Å². The van der Waals surface area contributed by atoms with Gasteiger partial charge in [0.2, 0.25) is 0 Å². The number of methoxy groups -OCH3 is 1. The molecule has 0 saturated carbocycles. The topological polar surface area (TPSA) is 94.2 Å². The molecule has 0 aliphatic carbocycles. The average Bonchev–Trinajstić information content (AvgIpc) is 3.16. The first-order valence-corrected chi connectivity index (χ1v) is 12.4. The molecule has 0 unspecified atom stereocenters. The summed E-state index contributed by atoms with van der Waals surface area (Å²) in [5, 5.41) is 2.92. The van der Waals surface area contributed by atoms with Crippen LogP contribution in [0.5, 0.6) is 17.2 Å². The molecule has 4 rings (SSSR count). The minimum Gasteiger partial charge on any atom is -0.493 e. The number of amides is 3. The quantitative estimate of drug-likeness (QED) is 0.341. The van der Waals surface area contributed by atoms with Crippen LogP contribution < -0.4 is 19.5 Å². The van der Waals surface area contributed by atoms with E-state index in [0.717, 1.165) is 16.7 Å². The molecule has 8 nitrogen and oxygen atoms in total. The second-order valence-corrected chi connectivity index (χ2v) is 9.18. The molecule has 0 radical (unpaired) electrons. The molecule has 0 aromatic heterocycles. The number of anilines is 1. The van der Waals surface area contributed by atoms with Crippen LogP contribution in [0.15, 0.2) is 77.7 Å². The first-order chi connectivity index (χ1) is 17.9. The molecule has 0 spiro atoms. The number of nitrogens with zero attached hydrogens (tertiary/aromatic N) is 1. The lowest BCUT2D eigenvalue weighted by Gasteiger charge is -2.14. The molecule has 37 heavy (non-hydrogen) atoms. The number of imide groups is 1. The summed E-state index contributed by atoms with van der Waals surface area (Å²) in [6, 6.07) is 20.8. The summed E-state index contributed by atoms with van der Waals surface area (Å²) >= 11 is 6.71. The fraction of sp³-hybridized carbons (Fsp3) is 0.148. The van der Waals surface area contributed by atoms with Gasteiger partial charge >= 0.3 is 0 Å². The van der Waals surface area contributed by atoms with Crippen molar-refractivity contribution >= 4 is 52.2 Å². The number of carbonyl (C=O) groups is 3. The van der Waals surface area contributed by atoms with Crippen molar-refractivity contribution in [2.24, 2.45) is 0 Å². The highest BCUT2D eigenvalue weighted by Crippen LogP contribution is 2.33. The molecule has 190 valence electrons. The number of thioether (sulfide) groups is 1. The van der Waals surface area contributed by atoms with Crippen molar-refractivity contribution in [3.63, 3.8) is 0 Å². The first-order valence-electron chi connectivity index (χ1n) is 11.2. The lowest BCUT2D eigenvalue weighted by molar-refractivity contribution is -0.123. The van der Waals surface area contributed by atoms with Crippen LogP contribution in [0.25, 0.3) is 6.08 Å². The summed E-state index contributed by atoms with van der Waals surface area (Å²) in [7, 11) is 1.54. The third-order valence-electron chi connectivity index (χ3n) is 5.17. The molecular formula is C27H23ClN2O6S. The number of ether oxygens (including phenoxy) is 3. The summed E-state index contributed by atoms with van der Waals surface area (Å²) in [6.45, 7) is 0.0356. The van der Waals surface area contributed by atoms with Crippen LogP contribution in [0.4, 0.5) is 10.5 Å². The Balaban J connectivity index is 1.32. The molecule has 1 heterocycles. The number of hydrogen-bond donors (Lipinski definition) is 1. The van der Waals surface area contributed by atoms with Crippen molar-refractivity contribution in [3.8, 4) is 17.2 Å². The minimum atomic E-state index is -0.396. The van der Waals surface area contributed by atoms with Crippen molar-refractivity contribution in [3.05, 3.63) is 88.3 Å². The van der Waals surface area contributed by atoms with Gasteiger partial charge in [0.15, 0.2) is 18.1 Å². The predicted octanol–water partition coefficient (Wildman–Crippen LogP) is 5.48. The Morgan fingerprint density at radius 1 is 1.00 bits per heavy atom. The van der Waals surface area contributed by atoms with Gasteiger partial charge < -0.3 is 19.5 Å². The first kappa shape index (κ1) is 26.1. The normalized spacial score (nSPS) is 14.1. The van der Waals surface area contributed by atoms with Crippen LogP contribution in [0.2, 0.25) is 5.02 Å². The largest absolute Gasteiger partial charge is 0.493 e. The molecule has 1 aliphatic heterocycles. The lowest BCUT2D eigenvalue weighted by Crippen LogP contribution is -2.32. The number of benzene rings is 3. The van der Waals surface area contributed by atoms with Gasteiger partial charge in [-0.2, -0.15) is 0 Å². The molecule has 0 atom stereocenters. The molecule has 1 fully saturated rings. The average molecular weight is 539 g/mol. The fourth-order valence-electron chi connectivity index (χ4n) is 3.40. The summed E-state index contributed by atoms with van der Waals surface area (Å²) < 4.78 is 16.5. The Morgan fingerprint density at radius 3 is 2.51 bits per heavy atom. The molecular weight excluding hydrogens is 516 g/mol. The maximum absolute atomic E-state index is 12.8. The number of nitrogens with one attached hydrogen (secondary N) is 1. The zero-order valence-corrected chi connectivity index (χ0v) is 21.4. The van der Waals surface area contributed by atoms with Gasteiger partial charge in [0.05, 0.1) is 18.6 Å². The van der Waals surface area contributed by atoms with Gasteiger partial charge in [-0.15, -0.1) is 0 Å². The smallest absolute Gasteiger partial charge is 0.293 e. The van der Waals surface area contributed by atoms with Gasteiger partial charge in [-0.05, 0) is 71.9 Å². The van der Waals surface area contributed by atoms with Crippen molar-refractivity contribution < 1.29 is 28.6 Å². The zero-order valence-electron chi connectivity index (χ0n) is 19.8. The second-order valence-electron chi connectivity index (χ2n) is 7.75. The van der Waals surface area contributed by atoms with E-state index in [2.05, 4.69) is 5.32 Å². The van der Waals surface area contributed by atoms with Gasteiger partial charge in [-0.25, -0.2) is 0 Å². The molecule has 10 heteroatoms. The Morgan fingerprint density at radius 2 is 1.76 bits per heavy atom. The Kier molecular flexibility index (Phi) is 8.71. The van der Waals surface area contributed by atoms with Gasteiger partial charge in [-0.3, -0.25) is 19.3 Å². The molecule has 1 aliphatic rings. The fourth-order valence-corrected chi connectivity index (χ4v) is 4.39. The number of para-hydroxylation sites is 2. The third kappa shape index (κ3) is 7.05. The van der Waals surface area contributed by atoms with E-state index in [1.165, 1.54) is 0 Å². The van der Waals surface area contributed by atoms with E-state index < -0.39 is 5.91 Å². The number of rotatable bonds is 10. The maximum atomic E-state index is 12.8. The summed E-state index contributed by atoms with van der Waals surface area (Å²) in [4.78, 5) is 38.9. The van der Waals surface area contributed by atoms with E-state index in [-0.39, 0.29) is 30.9 Å². The minimum absolute atomic E-state index is 0.103. The van der Waals surface area contributed by atoms with Crippen LogP contribution >= 0.6 is 23.4 Å². The standard InChI is InChI=1S/C27H23ClN2O6S/c1-34-22-7-2-3-8-23(22)35-14-13-30-26(32)24(37-27(30)33)16-18-5-4-6-21(15-18)36-17-25(31)29-20-11-9-19(28)10-12-20/h2-12,15-16H,13-14,17H2,1H3,(H,29,31)/b24-16-. The van der Waals surface area contributed by atoms with Crippen LogP contribution in [-0.2, 0) is 9.59 Å². The maximum Gasteiger partial charge on any atom is 0.293 e. The number of halogens is 1. The van der Waals surface area contributed by atoms with E-state index >= 15 is 0 Å². The summed E-state index contributed by atoms with van der Waals surface area (Å²) in [5.41, 5.74) is 1.27. The molecule has 3 aromatic rings. The highest BCUT2D eigenvalue weighted by atomic mass is 35.5. The third-order valence-corrected chi connectivity index (χ3v) is 6.33. The molecule has 3 amide bonds. The van der Waals surface area contributed by atoms with Crippen LogP contribution in [-0.4, -0.2) is 48.8 Å². The molecule has 3 aromatic carbocycles. The van der Waals surface area contributed by atoms with Gasteiger partial charge in [0.25, 0.3) is 17.1 Å². The van der Waals surface area contributed by atoms with Crippen molar-refractivity contribution in [2.75, 3.05) is 32.2 Å². The summed E-state index contributed by atoms with van der Waals surface area (Å²) in [5.74, 6) is 0.827. The highest BCUT2D eigenvalue weighted by Gasteiger charge is 2.34.